The molecule has 0 spiro atoms. The minimum absolute atomic E-state index is 0.296. The van der Waals surface area contributed by atoms with Crippen LogP contribution >= 0.6 is 0 Å². The van der Waals surface area contributed by atoms with Crippen molar-refractivity contribution in [1.29, 1.82) is 10.5 Å². The van der Waals surface area contributed by atoms with Gasteiger partial charge in [-0.25, -0.2) is 15.0 Å². The first kappa shape index (κ1) is 34.6. The lowest BCUT2D eigenvalue weighted by Gasteiger charge is -2.31. The highest BCUT2D eigenvalue weighted by Crippen LogP contribution is 2.54. The number of benzene rings is 8. The molecule has 278 valence electrons. The largest absolute Gasteiger partial charge is 0.307 e. The van der Waals surface area contributed by atoms with E-state index in [1.807, 2.05) is 109 Å². The molecule has 0 amide bonds. The first-order valence-electron chi connectivity index (χ1n) is 19.7. The molecule has 1 aliphatic heterocycles. The van der Waals surface area contributed by atoms with E-state index in [1.54, 1.807) is 6.07 Å². The van der Waals surface area contributed by atoms with Gasteiger partial charge in [-0.1, -0.05) is 158 Å². The topological polar surface area (TPSA) is 94.4 Å². The maximum Gasteiger partial charge on any atom is 0.168 e. The molecule has 0 bridgehead atoms. The summed E-state index contributed by atoms with van der Waals surface area (Å²) in [5, 5.41) is 24.7. The quantitative estimate of drug-likeness (QED) is 0.173. The van der Waals surface area contributed by atoms with E-state index in [0.29, 0.717) is 45.5 Å². The molecule has 0 saturated carbocycles. The summed E-state index contributed by atoms with van der Waals surface area (Å²) in [5.74, 6) is 1.24. The smallest absolute Gasteiger partial charge is 0.168 e. The lowest BCUT2D eigenvalue weighted by molar-refractivity contribution is 1.06. The number of nitriles is 2. The van der Waals surface area contributed by atoms with Gasteiger partial charge in [0.25, 0.3) is 0 Å². The van der Waals surface area contributed by atoms with Gasteiger partial charge < -0.3 is 9.47 Å². The predicted molar refractivity (Wildman–Crippen MR) is 239 cm³/mol. The van der Waals surface area contributed by atoms with E-state index >= 15 is 0 Å². The second kappa shape index (κ2) is 14.1. The fourth-order valence-electron chi connectivity index (χ4n) is 8.71. The van der Waals surface area contributed by atoms with Crippen LogP contribution in [0.4, 0.5) is 17.1 Å². The van der Waals surface area contributed by atoms with Crippen molar-refractivity contribution in [2.24, 2.45) is 0 Å². The van der Waals surface area contributed by atoms with Crippen LogP contribution in [-0.2, 0) is 0 Å². The molecule has 0 radical (unpaired) electrons. The van der Waals surface area contributed by atoms with Crippen LogP contribution in [0.2, 0.25) is 0 Å². The van der Waals surface area contributed by atoms with Crippen molar-refractivity contribution >= 4 is 38.9 Å². The van der Waals surface area contributed by atoms with E-state index in [1.165, 1.54) is 0 Å². The monoisotopic (exact) mass is 765 g/mol. The average molecular weight is 766 g/mol. The number of rotatable bonds is 5. The zero-order chi connectivity index (χ0) is 40.2. The summed E-state index contributed by atoms with van der Waals surface area (Å²) in [4.78, 5) is 17.9. The summed E-state index contributed by atoms with van der Waals surface area (Å²) < 4.78 is 2.14. The maximum absolute atomic E-state index is 11.4. The molecule has 0 saturated heterocycles. The molecule has 0 atom stereocenters. The van der Waals surface area contributed by atoms with Gasteiger partial charge in [-0.15, -0.1) is 0 Å². The lowest BCUT2D eigenvalue weighted by Crippen LogP contribution is -2.17. The Morgan fingerprint density at radius 2 is 0.783 bits per heavy atom. The Bertz CT molecular complexity index is 3230. The van der Waals surface area contributed by atoms with E-state index in [-0.39, 0.29) is 0 Å². The van der Waals surface area contributed by atoms with Crippen molar-refractivity contribution < 1.29 is 0 Å². The summed E-state index contributed by atoms with van der Waals surface area (Å²) in [7, 11) is 0. The Morgan fingerprint density at radius 3 is 1.28 bits per heavy atom. The van der Waals surface area contributed by atoms with Crippen LogP contribution < -0.4 is 4.90 Å². The number of hydrogen-bond donors (Lipinski definition) is 0. The molecule has 0 N–H and O–H groups in total. The van der Waals surface area contributed by atoms with Gasteiger partial charge in [0.1, 0.15) is 12.1 Å². The lowest BCUT2D eigenvalue weighted by atomic mass is 9.95. The molecule has 60 heavy (non-hydrogen) atoms. The first-order valence-corrected chi connectivity index (χ1v) is 19.7. The summed E-state index contributed by atoms with van der Waals surface area (Å²) in [6.45, 7) is 0. The third-order valence-electron chi connectivity index (χ3n) is 11.3. The molecule has 11 rings (SSSR count). The van der Waals surface area contributed by atoms with E-state index in [2.05, 4.69) is 94.4 Å². The van der Waals surface area contributed by atoms with Crippen LogP contribution in [0.3, 0.4) is 0 Å². The molecule has 7 heteroatoms. The van der Waals surface area contributed by atoms with Gasteiger partial charge in [0, 0.05) is 33.0 Å². The molecule has 0 aliphatic carbocycles. The highest BCUT2D eigenvalue weighted by Gasteiger charge is 2.34. The van der Waals surface area contributed by atoms with Gasteiger partial charge in [0.2, 0.25) is 0 Å². The summed E-state index contributed by atoms with van der Waals surface area (Å²) in [6, 6.07) is 67.9. The molecular weight excluding hydrogens is 735 g/mol. The van der Waals surface area contributed by atoms with E-state index in [0.717, 1.165) is 66.6 Å². The van der Waals surface area contributed by atoms with Gasteiger partial charge in [-0.3, -0.25) is 0 Å². The van der Waals surface area contributed by atoms with Gasteiger partial charge >= 0.3 is 0 Å². The molecule has 8 aromatic carbocycles. The normalized spacial score (nSPS) is 11.6. The Hall–Kier alpha value is -8.65. The number of anilines is 3. The molecule has 1 aliphatic rings. The molecule has 0 fully saturated rings. The predicted octanol–water partition coefficient (Wildman–Crippen LogP) is 12.8. The Morgan fingerprint density at radius 1 is 0.383 bits per heavy atom. The molecule has 3 heterocycles. The minimum atomic E-state index is 0.296. The number of fused-ring (bicyclic) bond motifs is 8. The highest BCUT2D eigenvalue weighted by atomic mass is 15.2. The van der Waals surface area contributed by atoms with Crippen molar-refractivity contribution in [3.05, 3.63) is 199 Å². The number of aromatic nitrogens is 4. The Balaban J connectivity index is 1.37. The maximum atomic E-state index is 11.4. The van der Waals surface area contributed by atoms with Gasteiger partial charge in [-0.05, 0) is 41.5 Å². The Labute approximate surface area is 346 Å². The van der Waals surface area contributed by atoms with Crippen LogP contribution in [-0.4, -0.2) is 19.5 Å². The molecular formula is C53H31N7. The van der Waals surface area contributed by atoms with Gasteiger partial charge in [0.15, 0.2) is 17.5 Å². The molecule has 2 aromatic heterocycles. The zero-order valence-electron chi connectivity index (χ0n) is 32.0. The third kappa shape index (κ3) is 5.39. The molecule has 10 aromatic rings. The minimum Gasteiger partial charge on any atom is -0.307 e. The molecule has 7 nitrogen and oxygen atoms in total. The van der Waals surface area contributed by atoms with Crippen LogP contribution in [0.15, 0.2) is 188 Å². The van der Waals surface area contributed by atoms with Gasteiger partial charge in [0.05, 0.1) is 50.5 Å². The SMILES string of the molecule is N#Cc1cc(C#N)c(-n2c3ccccc3c3ccccc32)c(-c2nc(-c3ccccc3)nc(-c3ccccc3)n2)c1N1c2ccccc2-c2ccccc2-c2ccccc21. The zero-order valence-corrected chi connectivity index (χ0v) is 32.0. The van der Waals surface area contributed by atoms with Crippen molar-refractivity contribution in [3.63, 3.8) is 0 Å². The second-order valence-corrected chi connectivity index (χ2v) is 14.6. The number of nitrogens with zero attached hydrogens (tertiary/aromatic N) is 7. The molecule has 0 unspecified atom stereocenters. The highest BCUT2D eigenvalue weighted by molar-refractivity contribution is 6.12. The van der Waals surface area contributed by atoms with Crippen molar-refractivity contribution in [2.75, 3.05) is 4.90 Å². The third-order valence-corrected chi connectivity index (χ3v) is 11.3. The number of para-hydroxylation sites is 4. The van der Waals surface area contributed by atoms with E-state index in [9.17, 15) is 10.5 Å². The van der Waals surface area contributed by atoms with E-state index in [4.69, 9.17) is 15.0 Å². The second-order valence-electron chi connectivity index (χ2n) is 14.6. The van der Waals surface area contributed by atoms with Crippen LogP contribution in [0.25, 0.3) is 83.9 Å². The first-order chi connectivity index (χ1) is 29.7. The van der Waals surface area contributed by atoms with Crippen molar-refractivity contribution in [2.45, 2.75) is 0 Å². The van der Waals surface area contributed by atoms with Crippen LogP contribution in [0.5, 0.6) is 0 Å². The summed E-state index contributed by atoms with van der Waals surface area (Å²) in [5.41, 5.74) is 11.5. The average Bonchev–Trinajstić information content (AvgIpc) is 3.59. The van der Waals surface area contributed by atoms with E-state index < -0.39 is 0 Å². The summed E-state index contributed by atoms with van der Waals surface area (Å²) >= 11 is 0. The van der Waals surface area contributed by atoms with Gasteiger partial charge in [-0.2, -0.15) is 10.5 Å². The fraction of sp³-hybridized carbons (Fsp3) is 0. The van der Waals surface area contributed by atoms with Crippen molar-refractivity contribution in [1.82, 2.24) is 19.5 Å². The summed E-state index contributed by atoms with van der Waals surface area (Å²) in [6.07, 6.45) is 0. The van der Waals surface area contributed by atoms with Crippen LogP contribution in [0, 0.1) is 22.7 Å². The van der Waals surface area contributed by atoms with Crippen LogP contribution in [0.1, 0.15) is 11.1 Å². The standard InChI is InChI=1S/C53H31N7/c54-32-36-31-37(33-55)50(60-46-29-15-11-25-42(46)43-26-12-16-30-47(43)60)48(53-57-51(34-17-3-1-4-18-34)56-52(58-53)35-19-5-2-6-20-35)49(36)59-44-27-13-9-23-40(44)38-21-7-8-22-39(38)41-24-10-14-28-45(41)59/h1-31H. The van der Waals surface area contributed by atoms with Crippen molar-refractivity contribution in [3.8, 4) is 74.2 Å². The fourth-order valence-corrected chi connectivity index (χ4v) is 8.71. The Kier molecular flexibility index (Phi) is 8.11. The number of hydrogen-bond acceptors (Lipinski definition) is 6.